The zero-order valence-electron chi connectivity index (χ0n) is 12.8. The summed E-state index contributed by atoms with van der Waals surface area (Å²) in [6, 6.07) is 4.68. The van der Waals surface area contributed by atoms with E-state index in [0.717, 1.165) is 10.5 Å². The van der Waals surface area contributed by atoms with E-state index in [0.29, 0.717) is 17.3 Å². The second kappa shape index (κ2) is 7.32. The first kappa shape index (κ1) is 17.1. The Labute approximate surface area is 138 Å². The summed E-state index contributed by atoms with van der Waals surface area (Å²) in [6.45, 7) is 3.54. The standard InChI is InChI=1S/C15H17ClN2O5/c1-9-3-4-11(16)12(7-9)22-8-13(19)23-10(2)14(20)18-6-5-17-15(18)21/h3-4,7,10H,5-6,8H2,1-2H3,(H,17,21)/t10-/m1/s1. The van der Waals surface area contributed by atoms with E-state index in [4.69, 9.17) is 21.1 Å². The monoisotopic (exact) mass is 340 g/mol. The molecule has 0 bridgehead atoms. The topological polar surface area (TPSA) is 84.9 Å². The van der Waals surface area contributed by atoms with Crippen LogP contribution in [0.2, 0.25) is 5.02 Å². The first-order chi connectivity index (χ1) is 10.9. The van der Waals surface area contributed by atoms with E-state index in [-0.39, 0.29) is 13.2 Å². The molecule has 0 aromatic heterocycles. The summed E-state index contributed by atoms with van der Waals surface area (Å²) in [5.74, 6) is -0.925. The number of halogens is 1. The minimum absolute atomic E-state index is 0.259. The highest BCUT2D eigenvalue weighted by Gasteiger charge is 2.31. The second-order valence-corrected chi connectivity index (χ2v) is 5.48. The van der Waals surface area contributed by atoms with Crippen LogP contribution in [0.1, 0.15) is 12.5 Å². The van der Waals surface area contributed by atoms with Gasteiger partial charge in [0.1, 0.15) is 5.75 Å². The molecule has 0 radical (unpaired) electrons. The van der Waals surface area contributed by atoms with Gasteiger partial charge in [-0.25, -0.2) is 9.59 Å². The van der Waals surface area contributed by atoms with Gasteiger partial charge in [-0.15, -0.1) is 0 Å². The maximum Gasteiger partial charge on any atom is 0.344 e. The van der Waals surface area contributed by atoms with Crippen LogP contribution in [-0.2, 0) is 14.3 Å². The van der Waals surface area contributed by atoms with E-state index in [1.807, 2.05) is 13.0 Å². The molecule has 0 unspecified atom stereocenters. The Morgan fingerprint density at radius 2 is 2.17 bits per heavy atom. The molecule has 8 heteroatoms. The van der Waals surface area contributed by atoms with Gasteiger partial charge >= 0.3 is 12.0 Å². The molecule has 1 atom stereocenters. The highest BCUT2D eigenvalue weighted by molar-refractivity contribution is 6.32. The molecule has 1 aliphatic heterocycles. The van der Waals surface area contributed by atoms with Crippen LogP contribution in [0.25, 0.3) is 0 Å². The van der Waals surface area contributed by atoms with Crippen molar-refractivity contribution in [2.75, 3.05) is 19.7 Å². The van der Waals surface area contributed by atoms with Gasteiger partial charge in [0.25, 0.3) is 5.91 Å². The van der Waals surface area contributed by atoms with E-state index in [1.165, 1.54) is 6.92 Å². The van der Waals surface area contributed by atoms with Crippen molar-refractivity contribution in [1.29, 1.82) is 0 Å². The van der Waals surface area contributed by atoms with E-state index < -0.39 is 24.0 Å². The number of imide groups is 1. The van der Waals surface area contributed by atoms with Gasteiger partial charge in [0.15, 0.2) is 12.7 Å². The molecule has 1 aliphatic rings. The van der Waals surface area contributed by atoms with Gasteiger partial charge in [-0.1, -0.05) is 17.7 Å². The van der Waals surface area contributed by atoms with Crippen molar-refractivity contribution in [2.45, 2.75) is 20.0 Å². The third-order valence-electron chi connectivity index (χ3n) is 3.21. The lowest BCUT2D eigenvalue weighted by Gasteiger charge is -2.18. The van der Waals surface area contributed by atoms with Crippen LogP contribution in [0.5, 0.6) is 5.75 Å². The van der Waals surface area contributed by atoms with E-state index in [9.17, 15) is 14.4 Å². The molecule has 23 heavy (non-hydrogen) atoms. The highest BCUT2D eigenvalue weighted by atomic mass is 35.5. The van der Waals surface area contributed by atoms with E-state index >= 15 is 0 Å². The minimum Gasteiger partial charge on any atom is -0.480 e. The van der Waals surface area contributed by atoms with Gasteiger partial charge in [-0.3, -0.25) is 9.69 Å². The predicted molar refractivity (Wildman–Crippen MR) is 82.3 cm³/mol. The lowest BCUT2D eigenvalue weighted by atomic mass is 10.2. The van der Waals surface area contributed by atoms with Gasteiger partial charge in [0.2, 0.25) is 0 Å². The maximum atomic E-state index is 12.0. The van der Waals surface area contributed by atoms with Crippen molar-refractivity contribution in [3.05, 3.63) is 28.8 Å². The summed E-state index contributed by atoms with van der Waals surface area (Å²) in [4.78, 5) is 36.2. The molecule has 1 N–H and O–H groups in total. The summed E-state index contributed by atoms with van der Waals surface area (Å²) in [5.41, 5.74) is 0.932. The normalized spacial score (nSPS) is 15.1. The smallest absolute Gasteiger partial charge is 0.344 e. The van der Waals surface area contributed by atoms with Crippen molar-refractivity contribution in [2.24, 2.45) is 0 Å². The third-order valence-corrected chi connectivity index (χ3v) is 3.52. The maximum absolute atomic E-state index is 12.0. The molecule has 0 spiro atoms. The van der Waals surface area contributed by atoms with Crippen LogP contribution >= 0.6 is 11.6 Å². The lowest BCUT2D eigenvalue weighted by molar-refractivity contribution is -0.159. The lowest BCUT2D eigenvalue weighted by Crippen LogP contribution is -2.42. The number of rotatable bonds is 5. The number of carbonyl (C=O) groups excluding carboxylic acids is 3. The number of benzene rings is 1. The molecule has 0 saturated carbocycles. The Balaban J connectivity index is 1.85. The average Bonchev–Trinajstić information content (AvgIpc) is 2.93. The molecular formula is C15H17ClN2O5. The Bertz CT molecular complexity index is 634. The molecule has 124 valence electrons. The van der Waals surface area contributed by atoms with Crippen molar-refractivity contribution < 1.29 is 23.9 Å². The van der Waals surface area contributed by atoms with Crippen LogP contribution in [0.4, 0.5) is 4.79 Å². The fourth-order valence-electron chi connectivity index (χ4n) is 2.04. The zero-order valence-corrected chi connectivity index (χ0v) is 13.6. The number of carbonyl (C=O) groups is 3. The van der Waals surface area contributed by atoms with E-state index in [1.54, 1.807) is 12.1 Å². The van der Waals surface area contributed by atoms with Crippen LogP contribution < -0.4 is 10.1 Å². The van der Waals surface area contributed by atoms with Crippen molar-refractivity contribution >= 4 is 29.5 Å². The fraction of sp³-hybridized carbons (Fsp3) is 0.400. The quantitative estimate of drug-likeness (QED) is 0.821. The Morgan fingerprint density at radius 1 is 1.43 bits per heavy atom. The molecule has 3 amide bonds. The van der Waals surface area contributed by atoms with Crippen LogP contribution in [-0.4, -0.2) is 48.6 Å². The third kappa shape index (κ3) is 4.35. The summed E-state index contributed by atoms with van der Waals surface area (Å²) in [7, 11) is 0. The summed E-state index contributed by atoms with van der Waals surface area (Å²) < 4.78 is 10.3. The second-order valence-electron chi connectivity index (χ2n) is 5.08. The first-order valence-corrected chi connectivity index (χ1v) is 7.44. The van der Waals surface area contributed by atoms with Crippen molar-refractivity contribution in [3.63, 3.8) is 0 Å². The SMILES string of the molecule is Cc1ccc(Cl)c(OCC(=O)O[C@H](C)C(=O)N2CCNC2=O)c1. The Kier molecular flexibility index (Phi) is 5.44. The number of hydrogen-bond donors (Lipinski definition) is 1. The highest BCUT2D eigenvalue weighted by Crippen LogP contribution is 2.25. The number of amides is 3. The van der Waals surface area contributed by atoms with Gasteiger partial charge < -0.3 is 14.8 Å². The van der Waals surface area contributed by atoms with Crippen molar-refractivity contribution in [1.82, 2.24) is 10.2 Å². The Morgan fingerprint density at radius 3 is 2.83 bits per heavy atom. The number of esters is 1. The fourth-order valence-corrected chi connectivity index (χ4v) is 2.21. The number of nitrogens with zero attached hydrogens (tertiary/aromatic N) is 1. The summed E-state index contributed by atoms with van der Waals surface area (Å²) >= 11 is 5.96. The largest absolute Gasteiger partial charge is 0.480 e. The van der Waals surface area contributed by atoms with Gasteiger partial charge in [0.05, 0.1) is 5.02 Å². The number of urea groups is 1. The van der Waals surface area contributed by atoms with Crippen LogP contribution in [0, 0.1) is 6.92 Å². The van der Waals surface area contributed by atoms with E-state index in [2.05, 4.69) is 5.32 Å². The molecule has 1 aromatic rings. The minimum atomic E-state index is -1.07. The number of aryl methyl sites for hydroxylation is 1. The summed E-state index contributed by atoms with van der Waals surface area (Å²) in [5, 5.41) is 2.88. The molecule has 1 fully saturated rings. The first-order valence-electron chi connectivity index (χ1n) is 7.06. The predicted octanol–water partition coefficient (Wildman–Crippen LogP) is 1.51. The molecular weight excluding hydrogens is 324 g/mol. The molecule has 7 nitrogen and oxygen atoms in total. The van der Waals surface area contributed by atoms with Gasteiger partial charge in [-0.2, -0.15) is 0 Å². The molecule has 2 rings (SSSR count). The number of nitrogens with one attached hydrogen (secondary N) is 1. The Hall–Kier alpha value is -2.28. The van der Waals surface area contributed by atoms with Gasteiger partial charge in [-0.05, 0) is 31.5 Å². The average molecular weight is 341 g/mol. The number of hydrogen-bond acceptors (Lipinski definition) is 5. The summed E-state index contributed by atoms with van der Waals surface area (Å²) in [6.07, 6.45) is -1.07. The van der Waals surface area contributed by atoms with Crippen LogP contribution in [0.3, 0.4) is 0 Å². The molecule has 1 aromatic carbocycles. The van der Waals surface area contributed by atoms with Crippen LogP contribution in [0.15, 0.2) is 18.2 Å². The molecule has 1 saturated heterocycles. The molecule has 0 aliphatic carbocycles. The zero-order chi connectivity index (χ0) is 17.0. The van der Waals surface area contributed by atoms with Gasteiger partial charge in [0, 0.05) is 13.1 Å². The molecule has 1 heterocycles. The number of ether oxygens (including phenoxy) is 2. The van der Waals surface area contributed by atoms with Crippen molar-refractivity contribution in [3.8, 4) is 5.75 Å².